The van der Waals surface area contributed by atoms with E-state index in [0.717, 1.165) is 50.6 Å². The molecule has 0 aliphatic carbocycles. The molecule has 3 heterocycles. The molecule has 0 bridgehead atoms. The lowest BCUT2D eigenvalue weighted by Gasteiger charge is -2.33. The Kier molecular flexibility index (Phi) is 9.04. The third-order valence-electron chi connectivity index (χ3n) is 5.49. The number of piperazine rings is 1. The molecule has 0 radical (unpaired) electrons. The lowest BCUT2D eigenvalue weighted by Crippen LogP contribution is -2.44. The van der Waals surface area contributed by atoms with Crippen molar-refractivity contribution in [2.45, 2.75) is 32.4 Å². The SMILES string of the molecule is CCN1CCCC1CNC(N)=NCc1ccnc(N2CCN(C)CC2)c1.I. The van der Waals surface area contributed by atoms with Gasteiger partial charge in [-0.2, -0.15) is 0 Å². The Morgan fingerprint density at radius 3 is 2.81 bits per heavy atom. The molecule has 2 fully saturated rings. The topological polar surface area (TPSA) is 73.0 Å². The van der Waals surface area contributed by atoms with Crippen LogP contribution < -0.4 is 16.0 Å². The van der Waals surface area contributed by atoms with Crippen molar-refractivity contribution in [3.63, 3.8) is 0 Å². The predicted molar refractivity (Wildman–Crippen MR) is 123 cm³/mol. The molecule has 1 aromatic rings. The summed E-state index contributed by atoms with van der Waals surface area (Å²) in [5.41, 5.74) is 7.22. The third kappa shape index (κ3) is 6.46. The van der Waals surface area contributed by atoms with E-state index in [-0.39, 0.29) is 24.0 Å². The van der Waals surface area contributed by atoms with Gasteiger partial charge in [-0.1, -0.05) is 6.92 Å². The molecule has 0 spiro atoms. The lowest BCUT2D eigenvalue weighted by atomic mass is 10.2. The summed E-state index contributed by atoms with van der Waals surface area (Å²) in [6.45, 7) is 10.2. The van der Waals surface area contributed by atoms with Crippen LogP contribution in [0, 0.1) is 0 Å². The minimum absolute atomic E-state index is 0. The molecular formula is C19H34IN7. The lowest BCUT2D eigenvalue weighted by molar-refractivity contribution is 0.267. The number of pyridine rings is 1. The van der Waals surface area contributed by atoms with Crippen molar-refractivity contribution in [2.75, 3.05) is 57.8 Å². The quantitative estimate of drug-likeness (QED) is 0.359. The van der Waals surface area contributed by atoms with Crippen LogP contribution in [-0.4, -0.2) is 79.6 Å². The number of nitrogens with two attached hydrogens (primary N) is 1. The Bertz CT molecular complexity index is 601. The largest absolute Gasteiger partial charge is 0.370 e. The molecule has 2 saturated heterocycles. The van der Waals surface area contributed by atoms with E-state index >= 15 is 0 Å². The highest BCUT2D eigenvalue weighted by Crippen LogP contribution is 2.16. The fourth-order valence-corrected chi connectivity index (χ4v) is 3.76. The first-order valence-electron chi connectivity index (χ1n) is 9.82. The number of hydrogen-bond acceptors (Lipinski definition) is 5. The van der Waals surface area contributed by atoms with Gasteiger partial charge in [-0.05, 0) is 50.7 Å². The van der Waals surface area contributed by atoms with Gasteiger partial charge in [-0.15, -0.1) is 24.0 Å². The molecule has 152 valence electrons. The van der Waals surface area contributed by atoms with Crippen LogP contribution in [0.2, 0.25) is 0 Å². The zero-order valence-corrected chi connectivity index (χ0v) is 18.9. The molecule has 1 aromatic heterocycles. The van der Waals surface area contributed by atoms with Gasteiger partial charge in [0.2, 0.25) is 0 Å². The van der Waals surface area contributed by atoms with Gasteiger partial charge < -0.3 is 20.9 Å². The van der Waals surface area contributed by atoms with Crippen LogP contribution in [-0.2, 0) is 6.54 Å². The standard InChI is InChI=1S/C19H33N7.HI/c1-3-25-8-4-5-17(25)15-23-19(20)22-14-16-6-7-21-18(13-16)26-11-9-24(2)10-12-26;/h6-7,13,17H,3-5,8-12,14-15H2,1-2H3,(H3,20,22,23);1H. The Labute approximate surface area is 180 Å². The van der Waals surface area contributed by atoms with Crippen molar-refractivity contribution in [3.05, 3.63) is 23.9 Å². The highest BCUT2D eigenvalue weighted by atomic mass is 127. The molecule has 0 aromatic carbocycles. The van der Waals surface area contributed by atoms with Gasteiger partial charge in [-0.25, -0.2) is 9.98 Å². The number of guanidine groups is 1. The second kappa shape index (κ2) is 11.0. The summed E-state index contributed by atoms with van der Waals surface area (Å²) in [6.07, 6.45) is 4.40. The number of likely N-dealkylation sites (tertiary alicyclic amines) is 1. The molecule has 2 aliphatic heterocycles. The first-order valence-corrected chi connectivity index (χ1v) is 9.82. The number of aromatic nitrogens is 1. The van der Waals surface area contributed by atoms with E-state index < -0.39 is 0 Å². The molecule has 0 saturated carbocycles. The minimum Gasteiger partial charge on any atom is -0.370 e. The molecule has 8 heteroatoms. The molecule has 0 amide bonds. The van der Waals surface area contributed by atoms with Gasteiger partial charge in [0, 0.05) is 45.0 Å². The minimum atomic E-state index is 0. The number of hydrogen-bond donors (Lipinski definition) is 2. The maximum absolute atomic E-state index is 6.07. The normalized spacial score (nSPS) is 21.9. The molecule has 27 heavy (non-hydrogen) atoms. The average molecular weight is 487 g/mol. The van der Waals surface area contributed by atoms with Crippen LogP contribution in [0.5, 0.6) is 0 Å². The zero-order chi connectivity index (χ0) is 18.4. The van der Waals surface area contributed by atoms with E-state index in [9.17, 15) is 0 Å². The summed E-state index contributed by atoms with van der Waals surface area (Å²) < 4.78 is 0. The maximum Gasteiger partial charge on any atom is 0.188 e. The highest BCUT2D eigenvalue weighted by molar-refractivity contribution is 14.0. The number of nitrogens with zero attached hydrogens (tertiary/aromatic N) is 5. The number of anilines is 1. The van der Waals surface area contributed by atoms with Gasteiger partial charge >= 0.3 is 0 Å². The molecule has 2 aliphatic rings. The predicted octanol–water partition coefficient (Wildman–Crippen LogP) is 1.34. The van der Waals surface area contributed by atoms with Crippen LogP contribution in [0.1, 0.15) is 25.3 Å². The highest BCUT2D eigenvalue weighted by Gasteiger charge is 2.22. The van der Waals surface area contributed by atoms with Crippen molar-refractivity contribution in [1.82, 2.24) is 20.1 Å². The number of likely N-dealkylation sites (N-methyl/N-ethyl adjacent to an activating group) is 2. The van der Waals surface area contributed by atoms with Crippen molar-refractivity contribution in [2.24, 2.45) is 10.7 Å². The van der Waals surface area contributed by atoms with Gasteiger partial charge in [-0.3, -0.25) is 4.90 Å². The van der Waals surface area contributed by atoms with E-state index in [4.69, 9.17) is 5.73 Å². The molecular weight excluding hydrogens is 453 g/mol. The average Bonchev–Trinajstić information content (AvgIpc) is 3.13. The third-order valence-corrected chi connectivity index (χ3v) is 5.49. The van der Waals surface area contributed by atoms with Crippen LogP contribution in [0.3, 0.4) is 0 Å². The Hall–Kier alpha value is -1.13. The van der Waals surface area contributed by atoms with Gasteiger partial charge in [0.05, 0.1) is 6.54 Å². The second-order valence-corrected chi connectivity index (χ2v) is 7.32. The van der Waals surface area contributed by atoms with Gasteiger partial charge in [0.1, 0.15) is 5.82 Å². The summed E-state index contributed by atoms with van der Waals surface area (Å²) >= 11 is 0. The molecule has 3 rings (SSSR count). The number of rotatable bonds is 6. The first-order chi connectivity index (χ1) is 12.7. The van der Waals surface area contributed by atoms with Crippen LogP contribution >= 0.6 is 24.0 Å². The molecule has 3 N–H and O–H groups in total. The molecule has 1 unspecified atom stereocenters. The van der Waals surface area contributed by atoms with E-state index in [1.54, 1.807) is 0 Å². The maximum atomic E-state index is 6.07. The van der Waals surface area contributed by atoms with Crippen molar-refractivity contribution in [3.8, 4) is 0 Å². The second-order valence-electron chi connectivity index (χ2n) is 7.32. The number of aliphatic imine (C=N–C) groups is 1. The van der Waals surface area contributed by atoms with Crippen LogP contribution in [0.4, 0.5) is 5.82 Å². The summed E-state index contributed by atoms with van der Waals surface area (Å²) in [6, 6.07) is 4.74. The summed E-state index contributed by atoms with van der Waals surface area (Å²) in [7, 11) is 2.16. The number of halogens is 1. The van der Waals surface area contributed by atoms with Crippen LogP contribution in [0.15, 0.2) is 23.3 Å². The fraction of sp³-hybridized carbons (Fsp3) is 0.684. The Morgan fingerprint density at radius 2 is 2.07 bits per heavy atom. The summed E-state index contributed by atoms with van der Waals surface area (Å²) in [4.78, 5) is 16.2. The number of nitrogens with one attached hydrogen (secondary N) is 1. The van der Waals surface area contributed by atoms with E-state index in [2.05, 4.69) is 50.0 Å². The Balaban J connectivity index is 0.00000261. The van der Waals surface area contributed by atoms with Crippen molar-refractivity contribution < 1.29 is 0 Å². The monoisotopic (exact) mass is 487 g/mol. The summed E-state index contributed by atoms with van der Waals surface area (Å²) in [5, 5.41) is 3.30. The van der Waals surface area contributed by atoms with E-state index in [0.29, 0.717) is 18.5 Å². The zero-order valence-electron chi connectivity index (χ0n) is 16.6. The molecule has 7 nitrogen and oxygen atoms in total. The van der Waals surface area contributed by atoms with Crippen molar-refractivity contribution in [1.29, 1.82) is 0 Å². The molecule has 1 atom stereocenters. The van der Waals surface area contributed by atoms with E-state index in [1.165, 1.54) is 19.4 Å². The van der Waals surface area contributed by atoms with Gasteiger partial charge in [0.25, 0.3) is 0 Å². The van der Waals surface area contributed by atoms with Crippen LogP contribution in [0.25, 0.3) is 0 Å². The van der Waals surface area contributed by atoms with E-state index in [1.807, 2.05) is 12.3 Å². The van der Waals surface area contributed by atoms with Crippen molar-refractivity contribution >= 4 is 35.8 Å². The van der Waals surface area contributed by atoms with Gasteiger partial charge in [0.15, 0.2) is 5.96 Å². The fourth-order valence-electron chi connectivity index (χ4n) is 3.76. The first kappa shape index (κ1) is 22.2. The Morgan fingerprint density at radius 1 is 1.30 bits per heavy atom. The summed E-state index contributed by atoms with van der Waals surface area (Å²) in [5.74, 6) is 1.58. The smallest absolute Gasteiger partial charge is 0.188 e.